The van der Waals surface area contributed by atoms with Crippen LogP contribution in [-0.2, 0) is 9.84 Å². The monoisotopic (exact) mass is 219 g/mol. The Labute approximate surface area is 82.4 Å². The molecule has 0 aromatic heterocycles. The van der Waals surface area contributed by atoms with E-state index in [0.717, 1.165) is 0 Å². The molecule has 0 atom stereocenters. The van der Waals surface area contributed by atoms with E-state index in [4.69, 9.17) is 17.3 Å². The lowest BCUT2D eigenvalue weighted by Crippen LogP contribution is -2.07. The number of sulfone groups is 1. The van der Waals surface area contributed by atoms with Gasteiger partial charge in [0.25, 0.3) is 0 Å². The van der Waals surface area contributed by atoms with Crippen LogP contribution in [0.5, 0.6) is 0 Å². The molecule has 5 heteroatoms. The molecule has 0 fully saturated rings. The minimum absolute atomic E-state index is 0.000926. The Morgan fingerprint density at radius 2 is 2.08 bits per heavy atom. The minimum Gasteiger partial charge on any atom is -0.398 e. The molecule has 2 N–H and O–H groups in total. The van der Waals surface area contributed by atoms with Crippen LogP contribution in [0, 0.1) is 0 Å². The van der Waals surface area contributed by atoms with Crippen LogP contribution >= 0.6 is 11.6 Å². The number of rotatable bonds is 2. The summed E-state index contributed by atoms with van der Waals surface area (Å²) < 4.78 is 23.0. The minimum atomic E-state index is -3.32. The van der Waals surface area contributed by atoms with Gasteiger partial charge in [-0.2, -0.15) is 0 Å². The maximum Gasteiger partial charge on any atom is 0.181 e. The average molecular weight is 220 g/mol. The SMILES string of the molecule is CCS(=O)(=O)c1c(N)cccc1Cl. The van der Waals surface area contributed by atoms with E-state index in [9.17, 15) is 8.42 Å². The van der Waals surface area contributed by atoms with Crippen LogP contribution < -0.4 is 5.73 Å². The second-order valence-electron chi connectivity index (χ2n) is 2.56. The largest absolute Gasteiger partial charge is 0.398 e. The molecule has 13 heavy (non-hydrogen) atoms. The van der Waals surface area contributed by atoms with Gasteiger partial charge in [0.15, 0.2) is 9.84 Å². The summed E-state index contributed by atoms with van der Waals surface area (Å²) >= 11 is 5.73. The lowest BCUT2D eigenvalue weighted by atomic mass is 10.3. The van der Waals surface area contributed by atoms with Crippen molar-refractivity contribution in [3.63, 3.8) is 0 Å². The van der Waals surface area contributed by atoms with Gasteiger partial charge in [-0.3, -0.25) is 0 Å². The maximum atomic E-state index is 11.5. The molecular weight excluding hydrogens is 210 g/mol. The Morgan fingerprint density at radius 1 is 1.46 bits per heavy atom. The van der Waals surface area contributed by atoms with Gasteiger partial charge in [-0.05, 0) is 12.1 Å². The summed E-state index contributed by atoms with van der Waals surface area (Å²) in [6.07, 6.45) is 0. The summed E-state index contributed by atoms with van der Waals surface area (Å²) in [7, 11) is -3.32. The smallest absolute Gasteiger partial charge is 0.181 e. The first-order chi connectivity index (χ1) is 5.99. The van der Waals surface area contributed by atoms with Gasteiger partial charge in [-0.25, -0.2) is 8.42 Å². The third kappa shape index (κ3) is 1.95. The zero-order valence-electron chi connectivity index (χ0n) is 7.12. The molecule has 72 valence electrons. The van der Waals surface area contributed by atoms with Gasteiger partial charge in [0.2, 0.25) is 0 Å². The number of hydrogen-bond donors (Lipinski definition) is 1. The highest BCUT2D eigenvalue weighted by Crippen LogP contribution is 2.27. The van der Waals surface area contributed by atoms with Crippen molar-refractivity contribution in [1.29, 1.82) is 0 Å². The first-order valence-corrected chi connectivity index (χ1v) is 5.79. The standard InChI is InChI=1S/C8H10ClNO2S/c1-2-13(11,12)8-6(9)4-3-5-7(8)10/h3-5H,2,10H2,1H3. The summed E-state index contributed by atoms with van der Waals surface area (Å²) in [5.74, 6) is 0.000926. The summed E-state index contributed by atoms with van der Waals surface area (Å²) in [5, 5.41) is 0.182. The molecule has 3 nitrogen and oxygen atoms in total. The molecule has 0 saturated heterocycles. The number of nitrogens with two attached hydrogens (primary N) is 1. The molecule has 1 rings (SSSR count). The van der Waals surface area contributed by atoms with E-state index < -0.39 is 9.84 Å². The molecule has 0 radical (unpaired) electrons. The zero-order valence-corrected chi connectivity index (χ0v) is 8.69. The Kier molecular flexibility index (Phi) is 2.83. The second-order valence-corrected chi connectivity index (χ2v) is 5.18. The number of hydrogen-bond acceptors (Lipinski definition) is 3. The van der Waals surface area contributed by atoms with Crippen molar-refractivity contribution in [1.82, 2.24) is 0 Å². The highest BCUT2D eigenvalue weighted by molar-refractivity contribution is 7.91. The van der Waals surface area contributed by atoms with Crippen LogP contribution in [0.2, 0.25) is 5.02 Å². The Balaban J connectivity index is 3.46. The number of benzene rings is 1. The third-order valence-corrected chi connectivity index (χ3v) is 3.95. The molecule has 0 unspecified atom stereocenters. The second kappa shape index (κ2) is 3.55. The van der Waals surface area contributed by atoms with Crippen molar-refractivity contribution >= 4 is 27.1 Å². The highest BCUT2D eigenvalue weighted by Gasteiger charge is 2.18. The van der Waals surface area contributed by atoms with E-state index in [-0.39, 0.29) is 21.4 Å². The molecule has 0 bridgehead atoms. The van der Waals surface area contributed by atoms with Crippen LogP contribution in [0.4, 0.5) is 5.69 Å². The average Bonchev–Trinajstić information content (AvgIpc) is 2.03. The third-order valence-electron chi connectivity index (χ3n) is 1.69. The summed E-state index contributed by atoms with van der Waals surface area (Å²) in [4.78, 5) is 0.0409. The van der Waals surface area contributed by atoms with Gasteiger partial charge >= 0.3 is 0 Å². The van der Waals surface area contributed by atoms with Crippen molar-refractivity contribution in [3.05, 3.63) is 23.2 Å². The van der Waals surface area contributed by atoms with Crippen LogP contribution in [0.1, 0.15) is 6.92 Å². The van der Waals surface area contributed by atoms with E-state index in [1.54, 1.807) is 13.0 Å². The predicted molar refractivity (Wildman–Crippen MR) is 53.6 cm³/mol. The van der Waals surface area contributed by atoms with E-state index in [1.807, 2.05) is 0 Å². The number of nitrogen functional groups attached to an aromatic ring is 1. The van der Waals surface area contributed by atoms with Crippen LogP contribution in [0.25, 0.3) is 0 Å². The zero-order chi connectivity index (χ0) is 10.1. The van der Waals surface area contributed by atoms with Crippen LogP contribution in [0.3, 0.4) is 0 Å². The number of halogens is 1. The van der Waals surface area contributed by atoms with E-state index >= 15 is 0 Å². The first kappa shape index (κ1) is 10.3. The van der Waals surface area contributed by atoms with E-state index in [1.165, 1.54) is 12.1 Å². The fraction of sp³-hybridized carbons (Fsp3) is 0.250. The summed E-state index contributed by atoms with van der Waals surface area (Å²) in [6, 6.07) is 4.65. The van der Waals surface area contributed by atoms with Gasteiger partial charge in [-0.1, -0.05) is 24.6 Å². The molecule has 0 amide bonds. The van der Waals surface area contributed by atoms with Gasteiger partial charge in [-0.15, -0.1) is 0 Å². The first-order valence-electron chi connectivity index (χ1n) is 3.75. The quantitative estimate of drug-likeness (QED) is 0.771. The molecular formula is C8H10ClNO2S. The Bertz CT molecular complexity index is 394. The molecule has 1 aromatic rings. The van der Waals surface area contributed by atoms with Crippen molar-refractivity contribution < 1.29 is 8.42 Å². The molecule has 0 saturated carbocycles. The van der Waals surface area contributed by atoms with Gasteiger partial charge in [0.05, 0.1) is 16.5 Å². The maximum absolute atomic E-state index is 11.5. The van der Waals surface area contributed by atoms with Gasteiger partial charge in [0.1, 0.15) is 4.90 Å². The number of anilines is 1. The molecule has 0 aliphatic carbocycles. The summed E-state index contributed by atoms with van der Waals surface area (Å²) in [5.41, 5.74) is 5.72. The van der Waals surface area contributed by atoms with Crippen molar-refractivity contribution in [2.24, 2.45) is 0 Å². The van der Waals surface area contributed by atoms with Crippen LogP contribution in [-0.4, -0.2) is 14.2 Å². The molecule has 0 heterocycles. The molecule has 0 aliphatic rings. The normalized spacial score (nSPS) is 11.5. The van der Waals surface area contributed by atoms with E-state index in [0.29, 0.717) is 0 Å². The fourth-order valence-corrected chi connectivity index (χ4v) is 2.61. The summed E-state index contributed by atoms with van der Waals surface area (Å²) in [6.45, 7) is 1.55. The fourth-order valence-electron chi connectivity index (χ4n) is 0.998. The highest BCUT2D eigenvalue weighted by atomic mass is 35.5. The molecule has 1 aromatic carbocycles. The van der Waals surface area contributed by atoms with Crippen LogP contribution in [0.15, 0.2) is 23.1 Å². The Hall–Kier alpha value is -0.740. The predicted octanol–water partition coefficient (Wildman–Crippen LogP) is 1.72. The van der Waals surface area contributed by atoms with Crippen molar-refractivity contribution in [2.45, 2.75) is 11.8 Å². The molecule has 0 aliphatic heterocycles. The van der Waals surface area contributed by atoms with Gasteiger partial charge in [0, 0.05) is 0 Å². The van der Waals surface area contributed by atoms with Gasteiger partial charge < -0.3 is 5.73 Å². The Morgan fingerprint density at radius 3 is 2.54 bits per heavy atom. The lowest BCUT2D eigenvalue weighted by molar-refractivity contribution is 0.597. The topological polar surface area (TPSA) is 60.2 Å². The van der Waals surface area contributed by atoms with E-state index in [2.05, 4.69) is 0 Å². The van der Waals surface area contributed by atoms with Crippen molar-refractivity contribution in [2.75, 3.05) is 11.5 Å². The lowest BCUT2D eigenvalue weighted by Gasteiger charge is -2.06. The van der Waals surface area contributed by atoms with Crippen molar-refractivity contribution in [3.8, 4) is 0 Å². The molecule has 0 spiro atoms.